The third-order valence-electron chi connectivity index (χ3n) is 6.43. The van der Waals surface area contributed by atoms with Crippen LogP contribution in [0.15, 0.2) is 16.9 Å². The number of aromatic nitrogens is 2. The summed E-state index contributed by atoms with van der Waals surface area (Å²) < 4.78 is 0. The van der Waals surface area contributed by atoms with Gasteiger partial charge < -0.3 is 25.9 Å². The van der Waals surface area contributed by atoms with Crippen molar-refractivity contribution in [3.8, 4) is 0 Å². The molecule has 3 heterocycles. The van der Waals surface area contributed by atoms with Crippen molar-refractivity contribution in [3.63, 3.8) is 0 Å². The second kappa shape index (κ2) is 12.4. The molecule has 1 fully saturated rings. The van der Waals surface area contributed by atoms with Crippen LogP contribution in [0.4, 0.5) is 5.82 Å². The number of carbonyl (C=O) groups is 1. The number of pyridine rings is 2. The first-order valence-electron chi connectivity index (χ1n) is 12.2. The van der Waals surface area contributed by atoms with Crippen molar-refractivity contribution in [2.24, 2.45) is 0 Å². The van der Waals surface area contributed by atoms with Crippen LogP contribution in [-0.4, -0.2) is 64.7 Å². The van der Waals surface area contributed by atoms with Crippen molar-refractivity contribution in [1.82, 2.24) is 20.2 Å². The number of aromatic amines is 1. The minimum atomic E-state index is -0.310. The number of amides is 1. The average molecular weight is 499 g/mol. The first-order chi connectivity index (χ1) is 16.7. The highest BCUT2D eigenvalue weighted by Gasteiger charge is 2.25. The Morgan fingerprint density at radius 3 is 2.63 bits per heavy atom. The highest BCUT2D eigenvalue weighted by atomic mass is 32.2. The summed E-state index contributed by atoms with van der Waals surface area (Å²) in [6.45, 7) is 11.0. The number of piperidine rings is 1. The van der Waals surface area contributed by atoms with Crippen LogP contribution in [0.2, 0.25) is 0 Å². The van der Waals surface area contributed by atoms with Gasteiger partial charge in [0.05, 0.1) is 5.56 Å². The number of aryl methyl sites for hydroxylation is 2. The number of likely N-dealkylation sites (tertiary alicyclic amines) is 1. The van der Waals surface area contributed by atoms with Gasteiger partial charge in [0, 0.05) is 59.5 Å². The number of anilines is 1. The monoisotopic (exact) mass is 498 g/mol. The summed E-state index contributed by atoms with van der Waals surface area (Å²) in [6.07, 6.45) is 5.30. The zero-order valence-electron chi connectivity index (χ0n) is 21.5. The van der Waals surface area contributed by atoms with Crippen LogP contribution in [0.3, 0.4) is 0 Å². The number of hydrogen-bond donors (Lipinski definition) is 4. The van der Waals surface area contributed by atoms with Crippen LogP contribution in [0.25, 0.3) is 0 Å². The molecular formula is C26H38N6O2S. The Labute approximate surface area is 212 Å². The molecule has 2 aromatic heterocycles. The van der Waals surface area contributed by atoms with Gasteiger partial charge in [-0.15, -0.1) is 0 Å². The van der Waals surface area contributed by atoms with Crippen molar-refractivity contribution in [2.45, 2.75) is 59.0 Å². The van der Waals surface area contributed by atoms with E-state index < -0.39 is 0 Å². The van der Waals surface area contributed by atoms with Crippen LogP contribution in [0, 0.1) is 19.3 Å². The van der Waals surface area contributed by atoms with E-state index in [4.69, 9.17) is 10.4 Å². The standard InChI is InChI=1S/C26H38N6O2S/c1-16(2)29-24-21(14-27)20(25(33)28-15-22-17(3)12-18(4)30-26(22)34)13-23(31-24)19-6-8-32(9-7-19)10-11-35-5/h12-14,16,19,27H,6-11,15H2,1-5H3,(H,28,33)(H,29,31)(H,30,34). The molecule has 0 spiro atoms. The molecule has 0 bridgehead atoms. The zero-order chi connectivity index (χ0) is 25.5. The molecule has 8 nitrogen and oxygen atoms in total. The van der Waals surface area contributed by atoms with Gasteiger partial charge in [0.15, 0.2) is 0 Å². The van der Waals surface area contributed by atoms with Gasteiger partial charge >= 0.3 is 0 Å². The van der Waals surface area contributed by atoms with Crippen LogP contribution in [0.5, 0.6) is 0 Å². The normalized spacial score (nSPS) is 14.8. The molecule has 1 aliphatic heterocycles. The van der Waals surface area contributed by atoms with E-state index in [2.05, 4.69) is 26.8 Å². The van der Waals surface area contributed by atoms with Crippen molar-refractivity contribution >= 4 is 29.7 Å². The fourth-order valence-electron chi connectivity index (χ4n) is 4.54. The van der Waals surface area contributed by atoms with Gasteiger partial charge in [-0.2, -0.15) is 11.8 Å². The molecule has 9 heteroatoms. The molecule has 190 valence electrons. The van der Waals surface area contributed by atoms with Gasteiger partial charge in [0.1, 0.15) is 5.82 Å². The van der Waals surface area contributed by atoms with Crippen molar-refractivity contribution in [1.29, 1.82) is 5.41 Å². The number of thioether (sulfide) groups is 1. The Kier molecular flexibility index (Phi) is 9.51. The number of nitrogens with one attached hydrogen (secondary N) is 4. The van der Waals surface area contributed by atoms with E-state index in [1.165, 1.54) is 6.21 Å². The maximum atomic E-state index is 13.3. The molecule has 0 saturated carbocycles. The van der Waals surface area contributed by atoms with E-state index in [1.807, 2.05) is 51.6 Å². The topological polar surface area (TPSA) is 114 Å². The number of H-pyrrole nitrogens is 1. The lowest BCUT2D eigenvalue weighted by Crippen LogP contribution is -2.35. The van der Waals surface area contributed by atoms with E-state index in [1.54, 1.807) is 0 Å². The molecule has 1 saturated heterocycles. The molecule has 2 aromatic rings. The molecule has 0 unspecified atom stereocenters. The second-order valence-electron chi connectivity index (χ2n) is 9.53. The molecule has 3 rings (SSSR count). The van der Waals surface area contributed by atoms with Gasteiger partial charge in [-0.25, -0.2) is 4.98 Å². The van der Waals surface area contributed by atoms with E-state index in [0.29, 0.717) is 22.5 Å². The number of carbonyl (C=O) groups excluding carboxylic acids is 1. The summed E-state index contributed by atoms with van der Waals surface area (Å²) in [5, 5.41) is 14.2. The Hall–Kier alpha value is -2.65. The van der Waals surface area contributed by atoms with E-state index in [0.717, 1.165) is 55.2 Å². The Morgan fingerprint density at radius 1 is 1.31 bits per heavy atom. The molecule has 0 aromatic carbocycles. The summed E-state index contributed by atoms with van der Waals surface area (Å²) in [5.41, 5.74) is 3.73. The molecule has 1 aliphatic rings. The largest absolute Gasteiger partial charge is 0.367 e. The van der Waals surface area contributed by atoms with Crippen molar-refractivity contribution in [2.75, 3.05) is 37.0 Å². The van der Waals surface area contributed by atoms with Gasteiger partial charge in [-0.05, 0) is 77.6 Å². The van der Waals surface area contributed by atoms with Gasteiger partial charge in [-0.1, -0.05) is 0 Å². The Balaban J connectivity index is 1.87. The third-order valence-corrected chi connectivity index (χ3v) is 7.02. The molecule has 4 N–H and O–H groups in total. The minimum Gasteiger partial charge on any atom is -0.367 e. The first-order valence-corrected chi connectivity index (χ1v) is 13.6. The second-order valence-corrected chi connectivity index (χ2v) is 10.5. The van der Waals surface area contributed by atoms with Crippen LogP contribution in [-0.2, 0) is 6.54 Å². The third kappa shape index (κ3) is 6.95. The average Bonchev–Trinajstić information content (AvgIpc) is 2.81. The predicted octanol–water partition coefficient (Wildman–Crippen LogP) is 3.68. The molecular weight excluding hydrogens is 460 g/mol. The number of nitrogens with zero attached hydrogens (tertiary/aromatic N) is 2. The Morgan fingerprint density at radius 2 is 2.03 bits per heavy atom. The van der Waals surface area contributed by atoms with Crippen LogP contribution < -0.4 is 16.2 Å². The van der Waals surface area contributed by atoms with E-state index in [-0.39, 0.29) is 30.0 Å². The molecule has 35 heavy (non-hydrogen) atoms. The summed E-state index contributed by atoms with van der Waals surface area (Å²) >= 11 is 1.87. The highest BCUT2D eigenvalue weighted by molar-refractivity contribution is 7.98. The lowest BCUT2D eigenvalue weighted by atomic mass is 9.91. The molecule has 1 amide bonds. The fourth-order valence-corrected chi connectivity index (χ4v) is 4.98. The summed E-state index contributed by atoms with van der Waals surface area (Å²) in [7, 11) is 0. The van der Waals surface area contributed by atoms with E-state index >= 15 is 0 Å². The van der Waals surface area contributed by atoms with Gasteiger partial charge in [0.25, 0.3) is 11.5 Å². The van der Waals surface area contributed by atoms with Crippen molar-refractivity contribution < 1.29 is 4.79 Å². The summed E-state index contributed by atoms with van der Waals surface area (Å²) in [4.78, 5) is 35.9. The predicted molar refractivity (Wildman–Crippen MR) is 145 cm³/mol. The lowest BCUT2D eigenvalue weighted by Gasteiger charge is -2.32. The smallest absolute Gasteiger partial charge is 0.253 e. The minimum absolute atomic E-state index is 0.106. The summed E-state index contributed by atoms with van der Waals surface area (Å²) in [5.74, 6) is 1.65. The Bertz CT molecular complexity index is 1110. The first kappa shape index (κ1) is 26.9. The van der Waals surface area contributed by atoms with E-state index in [9.17, 15) is 9.59 Å². The van der Waals surface area contributed by atoms with Crippen LogP contribution >= 0.6 is 11.8 Å². The number of rotatable bonds is 10. The van der Waals surface area contributed by atoms with Crippen LogP contribution in [0.1, 0.15) is 71.0 Å². The molecule has 0 atom stereocenters. The SMILES string of the molecule is CSCCN1CCC(c2cc(C(=O)NCc3c(C)cc(C)[nH]c3=O)c(C=N)c(NC(C)C)n2)CC1. The summed E-state index contributed by atoms with van der Waals surface area (Å²) in [6, 6.07) is 3.84. The van der Waals surface area contributed by atoms with Crippen molar-refractivity contribution in [3.05, 3.63) is 56.1 Å². The fraction of sp³-hybridized carbons (Fsp3) is 0.538. The molecule has 0 aliphatic carbocycles. The van der Waals surface area contributed by atoms with Gasteiger partial charge in [0.2, 0.25) is 0 Å². The lowest BCUT2D eigenvalue weighted by molar-refractivity contribution is 0.0950. The molecule has 0 radical (unpaired) electrons. The van der Waals surface area contributed by atoms with Gasteiger partial charge in [-0.3, -0.25) is 9.59 Å². The zero-order valence-corrected chi connectivity index (χ0v) is 22.3. The number of hydrogen-bond acceptors (Lipinski definition) is 7. The highest BCUT2D eigenvalue weighted by Crippen LogP contribution is 2.30. The quantitative estimate of drug-likeness (QED) is 0.372. The maximum absolute atomic E-state index is 13.3. The maximum Gasteiger partial charge on any atom is 0.253 e.